The van der Waals surface area contributed by atoms with Gasteiger partial charge in [0.05, 0.1) is 0 Å². The fourth-order valence-electron chi connectivity index (χ4n) is 2.96. The minimum Gasteiger partial charge on any atom is -0.385 e. The van der Waals surface area contributed by atoms with Crippen LogP contribution in [0.4, 0.5) is 5.69 Å². The summed E-state index contributed by atoms with van der Waals surface area (Å²) in [7, 11) is 0. The second kappa shape index (κ2) is 9.80. The van der Waals surface area contributed by atoms with Crippen LogP contribution < -0.4 is 11.1 Å². The lowest BCUT2D eigenvalue weighted by molar-refractivity contribution is 0.221. The molecule has 1 aliphatic heterocycles. The topological polar surface area (TPSA) is 41.3 Å². The first-order valence-corrected chi connectivity index (χ1v) is 8.64. The number of hydrogen-bond acceptors (Lipinski definition) is 3. The maximum atomic E-state index is 5.50. The molecule has 21 heavy (non-hydrogen) atoms. The van der Waals surface area contributed by atoms with Gasteiger partial charge in [-0.05, 0) is 63.0 Å². The number of unbranched alkanes of at least 4 members (excludes halogenated alkanes) is 3. The molecule has 3 heteroatoms. The van der Waals surface area contributed by atoms with E-state index in [1.807, 2.05) is 0 Å². The predicted molar refractivity (Wildman–Crippen MR) is 91.6 cm³/mol. The molecule has 1 heterocycles. The van der Waals surface area contributed by atoms with E-state index in [2.05, 4.69) is 34.5 Å². The van der Waals surface area contributed by atoms with Crippen molar-refractivity contribution in [3.63, 3.8) is 0 Å². The van der Waals surface area contributed by atoms with Crippen molar-refractivity contribution in [1.82, 2.24) is 4.90 Å². The van der Waals surface area contributed by atoms with Gasteiger partial charge < -0.3 is 11.1 Å². The third kappa shape index (κ3) is 6.49. The molecule has 1 aliphatic rings. The van der Waals surface area contributed by atoms with E-state index in [1.165, 1.54) is 62.9 Å². The second-order valence-electron chi connectivity index (χ2n) is 6.16. The van der Waals surface area contributed by atoms with E-state index >= 15 is 0 Å². The molecule has 1 aromatic rings. The van der Waals surface area contributed by atoms with Gasteiger partial charge in [-0.1, -0.05) is 31.4 Å². The van der Waals surface area contributed by atoms with Crippen LogP contribution in [0, 0.1) is 0 Å². The third-order valence-corrected chi connectivity index (χ3v) is 4.27. The van der Waals surface area contributed by atoms with Crippen LogP contribution in [0.15, 0.2) is 24.3 Å². The molecular weight excluding hydrogens is 258 g/mol. The number of hydrogen-bond donors (Lipinski definition) is 2. The van der Waals surface area contributed by atoms with Crippen LogP contribution in [0.1, 0.15) is 50.5 Å². The number of nitrogens with two attached hydrogens (primary N) is 1. The summed E-state index contributed by atoms with van der Waals surface area (Å²) < 4.78 is 0. The van der Waals surface area contributed by atoms with Crippen LogP contribution in [-0.2, 0) is 6.54 Å². The smallest absolute Gasteiger partial charge is 0.0340 e. The van der Waals surface area contributed by atoms with Gasteiger partial charge in [0.1, 0.15) is 0 Å². The second-order valence-corrected chi connectivity index (χ2v) is 6.16. The van der Waals surface area contributed by atoms with Gasteiger partial charge >= 0.3 is 0 Å². The quantitative estimate of drug-likeness (QED) is 0.682. The lowest BCUT2D eigenvalue weighted by Gasteiger charge is -2.26. The zero-order chi connectivity index (χ0) is 14.8. The molecule has 2 rings (SSSR count). The molecule has 118 valence electrons. The maximum Gasteiger partial charge on any atom is 0.0340 e. The van der Waals surface area contributed by atoms with E-state index in [0.29, 0.717) is 0 Å². The Bertz CT molecular complexity index is 369. The minimum atomic E-state index is 0.825. The van der Waals surface area contributed by atoms with Crippen LogP contribution in [0.2, 0.25) is 0 Å². The summed E-state index contributed by atoms with van der Waals surface area (Å²) in [5.41, 5.74) is 8.18. The SMILES string of the molecule is NCCCCCCNc1ccc(CN2CCCCC2)cc1. The molecule has 1 saturated heterocycles. The Hall–Kier alpha value is -1.06. The van der Waals surface area contributed by atoms with E-state index in [-0.39, 0.29) is 0 Å². The predicted octanol–water partition coefficient (Wildman–Crippen LogP) is 3.60. The average molecular weight is 289 g/mol. The van der Waals surface area contributed by atoms with Crippen molar-refractivity contribution in [3.05, 3.63) is 29.8 Å². The number of nitrogens with zero attached hydrogens (tertiary/aromatic N) is 1. The number of piperidine rings is 1. The first-order valence-electron chi connectivity index (χ1n) is 8.64. The maximum absolute atomic E-state index is 5.50. The van der Waals surface area contributed by atoms with Crippen LogP contribution >= 0.6 is 0 Å². The summed E-state index contributed by atoms with van der Waals surface area (Å²) >= 11 is 0. The van der Waals surface area contributed by atoms with E-state index in [4.69, 9.17) is 5.73 Å². The molecule has 0 saturated carbocycles. The molecule has 0 amide bonds. The minimum absolute atomic E-state index is 0.825. The van der Waals surface area contributed by atoms with Gasteiger partial charge in [0.25, 0.3) is 0 Å². The summed E-state index contributed by atoms with van der Waals surface area (Å²) in [5, 5.41) is 3.51. The molecular formula is C18H31N3. The van der Waals surface area contributed by atoms with E-state index in [0.717, 1.165) is 26.1 Å². The Kier molecular flexibility index (Phi) is 7.61. The van der Waals surface area contributed by atoms with Gasteiger partial charge in [-0.15, -0.1) is 0 Å². The lowest BCUT2D eigenvalue weighted by atomic mass is 10.1. The van der Waals surface area contributed by atoms with Crippen molar-refractivity contribution in [3.8, 4) is 0 Å². The Morgan fingerprint density at radius 1 is 0.905 bits per heavy atom. The van der Waals surface area contributed by atoms with Crippen LogP contribution in [0.25, 0.3) is 0 Å². The normalized spacial score (nSPS) is 16.0. The molecule has 3 N–H and O–H groups in total. The van der Waals surface area contributed by atoms with Crippen molar-refractivity contribution in [2.75, 3.05) is 31.5 Å². The highest BCUT2D eigenvalue weighted by molar-refractivity contribution is 5.44. The molecule has 3 nitrogen and oxygen atoms in total. The Balaban J connectivity index is 1.64. The Morgan fingerprint density at radius 2 is 1.62 bits per heavy atom. The number of benzene rings is 1. The highest BCUT2D eigenvalue weighted by Crippen LogP contribution is 2.15. The first kappa shape index (κ1) is 16.3. The van der Waals surface area contributed by atoms with E-state index < -0.39 is 0 Å². The molecule has 0 atom stereocenters. The van der Waals surface area contributed by atoms with Crippen molar-refractivity contribution < 1.29 is 0 Å². The van der Waals surface area contributed by atoms with Crippen molar-refractivity contribution in [2.45, 2.75) is 51.5 Å². The van der Waals surface area contributed by atoms with Crippen molar-refractivity contribution in [1.29, 1.82) is 0 Å². The Labute approximate surface area is 129 Å². The van der Waals surface area contributed by atoms with Gasteiger partial charge in [-0.25, -0.2) is 0 Å². The molecule has 0 unspecified atom stereocenters. The van der Waals surface area contributed by atoms with Crippen LogP contribution in [-0.4, -0.2) is 31.1 Å². The molecule has 1 aromatic carbocycles. The molecule has 0 spiro atoms. The first-order chi connectivity index (χ1) is 10.4. The monoisotopic (exact) mass is 289 g/mol. The number of rotatable bonds is 9. The van der Waals surface area contributed by atoms with Gasteiger partial charge in [0.15, 0.2) is 0 Å². The van der Waals surface area contributed by atoms with Crippen LogP contribution in [0.5, 0.6) is 0 Å². The van der Waals surface area contributed by atoms with Crippen LogP contribution in [0.3, 0.4) is 0 Å². The standard InChI is InChI=1S/C18H31N3/c19-12-4-1-2-5-13-20-18-10-8-17(9-11-18)16-21-14-6-3-7-15-21/h8-11,20H,1-7,12-16,19H2. The summed E-state index contributed by atoms with van der Waals surface area (Å²) in [6, 6.07) is 8.98. The molecule has 0 aliphatic carbocycles. The molecule has 1 fully saturated rings. The largest absolute Gasteiger partial charge is 0.385 e. The average Bonchev–Trinajstić information content (AvgIpc) is 2.53. The van der Waals surface area contributed by atoms with Gasteiger partial charge in [-0.3, -0.25) is 4.90 Å². The number of likely N-dealkylation sites (tertiary alicyclic amines) is 1. The fourth-order valence-corrected chi connectivity index (χ4v) is 2.96. The van der Waals surface area contributed by atoms with E-state index in [9.17, 15) is 0 Å². The third-order valence-electron chi connectivity index (χ3n) is 4.27. The summed E-state index contributed by atoms with van der Waals surface area (Å²) in [4.78, 5) is 2.57. The summed E-state index contributed by atoms with van der Waals surface area (Å²) in [5.74, 6) is 0. The zero-order valence-electron chi connectivity index (χ0n) is 13.3. The number of anilines is 1. The van der Waals surface area contributed by atoms with E-state index in [1.54, 1.807) is 0 Å². The van der Waals surface area contributed by atoms with Gasteiger partial charge in [0, 0.05) is 18.8 Å². The Morgan fingerprint density at radius 3 is 2.33 bits per heavy atom. The fraction of sp³-hybridized carbons (Fsp3) is 0.667. The lowest BCUT2D eigenvalue weighted by Crippen LogP contribution is -2.29. The van der Waals surface area contributed by atoms with Crippen molar-refractivity contribution >= 4 is 5.69 Å². The summed E-state index contributed by atoms with van der Waals surface area (Å²) in [6.07, 6.45) is 9.06. The zero-order valence-corrected chi connectivity index (χ0v) is 13.3. The number of nitrogens with one attached hydrogen (secondary N) is 1. The summed E-state index contributed by atoms with van der Waals surface area (Å²) in [6.45, 7) is 5.53. The molecule has 0 bridgehead atoms. The highest BCUT2D eigenvalue weighted by atomic mass is 15.1. The highest BCUT2D eigenvalue weighted by Gasteiger charge is 2.09. The van der Waals surface area contributed by atoms with Gasteiger partial charge in [0.2, 0.25) is 0 Å². The van der Waals surface area contributed by atoms with Crippen molar-refractivity contribution in [2.24, 2.45) is 5.73 Å². The molecule has 0 aromatic heterocycles. The van der Waals surface area contributed by atoms with Gasteiger partial charge in [-0.2, -0.15) is 0 Å². The molecule has 0 radical (unpaired) electrons.